The Morgan fingerprint density at radius 1 is 0.944 bits per heavy atom. The number of anilines is 1. The van der Waals surface area contributed by atoms with Crippen LogP contribution in [0.3, 0.4) is 0 Å². The second kappa shape index (κ2) is 4.54. The quantitative estimate of drug-likeness (QED) is 0.763. The first kappa shape index (κ1) is 10.9. The van der Waals surface area contributed by atoms with Gasteiger partial charge < -0.3 is 5.73 Å². The average Bonchev–Trinajstić information content (AvgIpc) is 2.93. The van der Waals surface area contributed by atoms with Gasteiger partial charge in [-0.15, -0.1) is 11.3 Å². The van der Waals surface area contributed by atoms with Gasteiger partial charge in [0.25, 0.3) is 0 Å². The number of nitrogen functional groups attached to an aromatic ring is 1. The van der Waals surface area contributed by atoms with Gasteiger partial charge in [0.1, 0.15) is 0 Å². The van der Waals surface area contributed by atoms with Crippen molar-refractivity contribution in [3.63, 3.8) is 0 Å². The molecule has 0 aliphatic heterocycles. The van der Waals surface area contributed by atoms with Crippen LogP contribution in [0, 0.1) is 0 Å². The summed E-state index contributed by atoms with van der Waals surface area (Å²) in [6.07, 6.45) is 1.73. The Balaban J connectivity index is 2.12. The molecule has 0 bridgehead atoms. The van der Waals surface area contributed by atoms with Gasteiger partial charge in [-0.3, -0.25) is 4.98 Å². The van der Waals surface area contributed by atoms with Crippen LogP contribution in [0.5, 0.6) is 0 Å². The van der Waals surface area contributed by atoms with Crippen molar-refractivity contribution in [3.05, 3.63) is 48.0 Å². The predicted molar refractivity (Wildman–Crippen MR) is 73.0 cm³/mol. The Morgan fingerprint density at radius 2 is 1.83 bits per heavy atom. The molecule has 0 aliphatic carbocycles. The van der Waals surface area contributed by atoms with Crippen LogP contribution in [0.1, 0.15) is 0 Å². The van der Waals surface area contributed by atoms with Gasteiger partial charge in [-0.1, -0.05) is 12.1 Å². The van der Waals surface area contributed by atoms with Gasteiger partial charge in [0.15, 0.2) is 0 Å². The summed E-state index contributed by atoms with van der Waals surface area (Å²) in [6, 6.07) is 11.6. The Hall–Kier alpha value is -2.27. The zero-order chi connectivity index (χ0) is 12.4. The van der Waals surface area contributed by atoms with Crippen LogP contribution in [0.2, 0.25) is 0 Å². The minimum atomic E-state index is 0.265. The van der Waals surface area contributed by atoms with E-state index in [1.54, 1.807) is 17.5 Å². The molecule has 0 saturated carbocycles. The minimum absolute atomic E-state index is 0.265. The van der Waals surface area contributed by atoms with Crippen LogP contribution in [-0.2, 0) is 0 Å². The molecule has 0 unspecified atom stereocenters. The Morgan fingerprint density at radius 3 is 2.56 bits per heavy atom. The van der Waals surface area contributed by atoms with Crippen LogP contribution >= 0.6 is 11.3 Å². The number of pyridine rings is 1. The third-order valence-corrected chi connectivity index (χ3v) is 3.34. The number of nitrogens with zero attached hydrogens (tertiary/aromatic N) is 3. The van der Waals surface area contributed by atoms with E-state index in [-0.39, 0.29) is 5.95 Å². The van der Waals surface area contributed by atoms with E-state index in [2.05, 4.69) is 15.0 Å². The van der Waals surface area contributed by atoms with Crippen LogP contribution in [0.4, 0.5) is 5.95 Å². The van der Waals surface area contributed by atoms with E-state index >= 15 is 0 Å². The summed E-state index contributed by atoms with van der Waals surface area (Å²) >= 11 is 1.62. The topological polar surface area (TPSA) is 64.7 Å². The largest absolute Gasteiger partial charge is 0.368 e. The highest BCUT2D eigenvalue weighted by atomic mass is 32.1. The SMILES string of the molecule is Nc1nc(-c2ccccn2)cc(-c2cccs2)n1. The lowest BCUT2D eigenvalue weighted by Crippen LogP contribution is -1.98. The van der Waals surface area contributed by atoms with Crippen LogP contribution in [0.15, 0.2) is 48.0 Å². The molecule has 18 heavy (non-hydrogen) atoms. The lowest BCUT2D eigenvalue weighted by molar-refractivity contribution is 1.17. The summed E-state index contributed by atoms with van der Waals surface area (Å²) in [5.74, 6) is 0.265. The maximum Gasteiger partial charge on any atom is 0.221 e. The molecule has 0 aliphatic rings. The van der Waals surface area contributed by atoms with Gasteiger partial charge in [0.2, 0.25) is 5.95 Å². The average molecular weight is 254 g/mol. The fourth-order valence-electron chi connectivity index (χ4n) is 1.66. The summed E-state index contributed by atoms with van der Waals surface area (Å²) in [7, 11) is 0. The molecule has 2 N–H and O–H groups in total. The standard InChI is InChI=1S/C13H10N4S/c14-13-16-10(9-4-1-2-6-15-9)8-11(17-13)12-5-3-7-18-12/h1-8H,(H2,14,16,17). The van der Waals surface area contributed by atoms with E-state index in [9.17, 15) is 0 Å². The second-order valence-electron chi connectivity index (χ2n) is 3.69. The van der Waals surface area contributed by atoms with Gasteiger partial charge in [-0.25, -0.2) is 9.97 Å². The molecule has 0 spiro atoms. The molecule has 0 fully saturated rings. The lowest BCUT2D eigenvalue weighted by atomic mass is 10.2. The van der Waals surface area contributed by atoms with Crippen molar-refractivity contribution in [1.29, 1.82) is 0 Å². The number of hydrogen-bond donors (Lipinski definition) is 1. The molecule has 0 atom stereocenters. The Labute approximate surface area is 108 Å². The van der Waals surface area contributed by atoms with Crippen molar-refractivity contribution in [3.8, 4) is 22.0 Å². The van der Waals surface area contributed by atoms with Crippen LogP contribution < -0.4 is 5.73 Å². The van der Waals surface area contributed by atoms with E-state index in [1.807, 2.05) is 41.8 Å². The van der Waals surface area contributed by atoms with Crippen molar-refractivity contribution < 1.29 is 0 Å². The second-order valence-corrected chi connectivity index (χ2v) is 4.64. The van der Waals surface area contributed by atoms with Gasteiger partial charge in [-0.05, 0) is 29.6 Å². The number of thiophene rings is 1. The summed E-state index contributed by atoms with van der Waals surface area (Å²) in [5, 5.41) is 2.01. The summed E-state index contributed by atoms with van der Waals surface area (Å²) in [4.78, 5) is 13.8. The molecule has 0 amide bonds. The van der Waals surface area contributed by atoms with Crippen LogP contribution in [-0.4, -0.2) is 15.0 Å². The molecule has 3 aromatic rings. The summed E-state index contributed by atoms with van der Waals surface area (Å²) in [5.41, 5.74) is 8.13. The highest BCUT2D eigenvalue weighted by Gasteiger charge is 2.07. The van der Waals surface area contributed by atoms with Crippen molar-refractivity contribution in [1.82, 2.24) is 15.0 Å². The van der Waals surface area contributed by atoms with Crippen molar-refractivity contribution in [2.75, 3.05) is 5.73 Å². The number of aromatic nitrogens is 3. The van der Waals surface area contributed by atoms with Gasteiger partial charge in [-0.2, -0.15) is 0 Å². The molecule has 0 aromatic carbocycles. The van der Waals surface area contributed by atoms with Gasteiger partial charge in [0, 0.05) is 6.20 Å². The van der Waals surface area contributed by atoms with Crippen molar-refractivity contribution in [2.45, 2.75) is 0 Å². The van der Waals surface area contributed by atoms with Crippen molar-refractivity contribution >= 4 is 17.3 Å². The third kappa shape index (κ3) is 2.08. The Kier molecular flexibility index (Phi) is 2.74. The van der Waals surface area contributed by atoms with E-state index in [1.165, 1.54) is 0 Å². The first-order valence-corrected chi connectivity index (χ1v) is 6.31. The fourth-order valence-corrected chi connectivity index (χ4v) is 2.35. The van der Waals surface area contributed by atoms with E-state index in [4.69, 9.17) is 5.73 Å². The molecular weight excluding hydrogens is 244 g/mol. The molecule has 88 valence electrons. The zero-order valence-corrected chi connectivity index (χ0v) is 10.3. The number of hydrogen-bond acceptors (Lipinski definition) is 5. The van der Waals surface area contributed by atoms with E-state index in [0.29, 0.717) is 0 Å². The molecule has 3 aromatic heterocycles. The van der Waals surface area contributed by atoms with Gasteiger partial charge in [0.05, 0.1) is 22.0 Å². The molecule has 3 heterocycles. The molecular formula is C13H10N4S. The number of rotatable bonds is 2. The van der Waals surface area contributed by atoms with E-state index in [0.717, 1.165) is 22.0 Å². The molecule has 3 rings (SSSR count). The van der Waals surface area contributed by atoms with Crippen molar-refractivity contribution in [2.24, 2.45) is 0 Å². The highest BCUT2D eigenvalue weighted by molar-refractivity contribution is 7.13. The smallest absolute Gasteiger partial charge is 0.221 e. The van der Waals surface area contributed by atoms with Gasteiger partial charge >= 0.3 is 0 Å². The first-order chi connectivity index (χ1) is 8.83. The molecule has 4 nitrogen and oxygen atoms in total. The summed E-state index contributed by atoms with van der Waals surface area (Å²) < 4.78 is 0. The normalized spacial score (nSPS) is 10.4. The highest BCUT2D eigenvalue weighted by Crippen LogP contribution is 2.26. The zero-order valence-electron chi connectivity index (χ0n) is 9.45. The lowest BCUT2D eigenvalue weighted by Gasteiger charge is -2.03. The fraction of sp³-hybridized carbons (Fsp3) is 0. The monoisotopic (exact) mass is 254 g/mol. The summed E-state index contributed by atoms with van der Waals surface area (Å²) in [6.45, 7) is 0. The van der Waals surface area contributed by atoms with Crippen LogP contribution in [0.25, 0.3) is 22.0 Å². The predicted octanol–water partition coefficient (Wildman–Crippen LogP) is 2.85. The first-order valence-electron chi connectivity index (χ1n) is 5.43. The maximum absolute atomic E-state index is 5.76. The molecule has 0 saturated heterocycles. The number of nitrogens with two attached hydrogens (primary N) is 1. The van der Waals surface area contributed by atoms with E-state index < -0.39 is 0 Å². The third-order valence-electron chi connectivity index (χ3n) is 2.44. The molecule has 5 heteroatoms. The maximum atomic E-state index is 5.76. The minimum Gasteiger partial charge on any atom is -0.368 e. The Bertz CT molecular complexity index is 650. The molecule has 0 radical (unpaired) electrons.